The Morgan fingerprint density at radius 1 is 1.17 bits per heavy atom. The van der Waals surface area contributed by atoms with Gasteiger partial charge in [0.15, 0.2) is 0 Å². The number of carbonyl (C=O) groups excluding carboxylic acids is 2. The van der Waals surface area contributed by atoms with Crippen LogP contribution in [0.3, 0.4) is 0 Å². The van der Waals surface area contributed by atoms with Gasteiger partial charge in [0.05, 0.1) is 12.7 Å². The fourth-order valence-electron chi connectivity index (χ4n) is 3.88. The Bertz CT molecular complexity index is 947. The van der Waals surface area contributed by atoms with E-state index < -0.39 is 17.9 Å². The quantitative estimate of drug-likeness (QED) is 0.775. The van der Waals surface area contributed by atoms with Crippen molar-refractivity contribution in [2.24, 2.45) is 5.41 Å². The summed E-state index contributed by atoms with van der Waals surface area (Å²) >= 11 is 0. The van der Waals surface area contributed by atoms with Crippen LogP contribution in [0.1, 0.15) is 30.3 Å². The second-order valence-corrected chi connectivity index (χ2v) is 7.71. The van der Waals surface area contributed by atoms with Crippen LogP contribution in [0.15, 0.2) is 48.7 Å². The molecule has 0 radical (unpaired) electrons. The predicted molar refractivity (Wildman–Crippen MR) is 102 cm³/mol. The summed E-state index contributed by atoms with van der Waals surface area (Å²) in [6, 6.07) is 11.4. The van der Waals surface area contributed by atoms with Gasteiger partial charge in [-0.1, -0.05) is 25.1 Å². The van der Waals surface area contributed by atoms with Gasteiger partial charge in [0.2, 0.25) is 5.91 Å². The Morgan fingerprint density at radius 2 is 1.93 bits per heavy atom. The average Bonchev–Trinajstić information content (AvgIpc) is 3.27. The number of carboxylic acids is 1. The van der Waals surface area contributed by atoms with Crippen LogP contribution >= 0.6 is 0 Å². The van der Waals surface area contributed by atoms with Crippen LogP contribution in [0.4, 0.5) is 0 Å². The number of piperidine rings is 1. The lowest BCUT2D eigenvalue weighted by Crippen LogP contribution is -2.47. The van der Waals surface area contributed by atoms with Crippen molar-refractivity contribution in [2.45, 2.75) is 31.8 Å². The molecule has 2 amide bonds. The van der Waals surface area contributed by atoms with Crippen molar-refractivity contribution in [1.29, 1.82) is 0 Å². The third kappa shape index (κ3) is 3.78. The third-order valence-corrected chi connectivity index (χ3v) is 5.56. The summed E-state index contributed by atoms with van der Waals surface area (Å²) in [6.45, 7) is 1.72. The standard InChI is InChI=1S/C21H21N3O5/c1-21-9-16(20(27)28)24(17(21)10-21)18(25)12-23-19(26)15-8-7-14(11-22-15)29-13-5-3-2-4-6-13/h2-8,11,16-17H,9-10,12H2,1H3,(H,23,26)(H,27,28)/t16-,17-,21+/m0/s1. The van der Waals surface area contributed by atoms with Crippen molar-refractivity contribution < 1.29 is 24.2 Å². The van der Waals surface area contributed by atoms with E-state index in [1.165, 1.54) is 17.2 Å². The molecule has 29 heavy (non-hydrogen) atoms. The van der Waals surface area contributed by atoms with Gasteiger partial charge in [0, 0.05) is 6.04 Å². The summed E-state index contributed by atoms with van der Waals surface area (Å²) in [7, 11) is 0. The Balaban J connectivity index is 1.34. The number of carboxylic acid groups (broad SMARTS) is 1. The van der Waals surface area contributed by atoms with E-state index in [1.807, 2.05) is 25.1 Å². The number of pyridine rings is 1. The molecule has 1 saturated heterocycles. The molecule has 0 spiro atoms. The van der Waals surface area contributed by atoms with Gasteiger partial charge in [0.25, 0.3) is 5.91 Å². The molecule has 1 aromatic carbocycles. The summed E-state index contributed by atoms with van der Waals surface area (Å²) in [5.74, 6) is -0.759. The van der Waals surface area contributed by atoms with Gasteiger partial charge in [-0.05, 0) is 42.5 Å². The maximum atomic E-state index is 12.5. The summed E-state index contributed by atoms with van der Waals surface area (Å²) in [5, 5.41) is 11.9. The van der Waals surface area contributed by atoms with Crippen LogP contribution in [-0.2, 0) is 9.59 Å². The highest BCUT2D eigenvalue weighted by molar-refractivity contribution is 5.95. The molecule has 0 bridgehead atoms. The van der Waals surface area contributed by atoms with E-state index in [0.29, 0.717) is 17.9 Å². The van der Waals surface area contributed by atoms with E-state index in [2.05, 4.69) is 10.3 Å². The molecular formula is C21H21N3O5. The molecule has 1 aromatic heterocycles. The molecule has 3 atom stereocenters. The number of para-hydroxylation sites is 1. The number of carbonyl (C=O) groups is 3. The molecule has 0 unspecified atom stereocenters. The minimum absolute atomic E-state index is 0.0551. The molecular weight excluding hydrogens is 374 g/mol. The monoisotopic (exact) mass is 395 g/mol. The van der Waals surface area contributed by atoms with E-state index in [4.69, 9.17) is 4.74 Å². The van der Waals surface area contributed by atoms with Crippen LogP contribution in [0.5, 0.6) is 11.5 Å². The Labute approximate surface area is 167 Å². The molecule has 2 aliphatic rings. The zero-order valence-corrected chi connectivity index (χ0v) is 15.9. The Morgan fingerprint density at radius 3 is 2.59 bits per heavy atom. The molecule has 2 N–H and O–H groups in total. The number of rotatable bonds is 6. The highest BCUT2D eigenvalue weighted by atomic mass is 16.5. The number of amides is 2. The number of fused-ring (bicyclic) bond motifs is 1. The summed E-state index contributed by atoms with van der Waals surface area (Å²) < 4.78 is 5.63. The molecule has 150 valence electrons. The minimum Gasteiger partial charge on any atom is -0.480 e. The lowest BCUT2D eigenvalue weighted by atomic mass is 10.0. The molecule has 1 aliphatic carbocycles. The smallest absolute Gasteiger partial charge is 0.326 e. The molecule has 2 heterocycles. The average molecular weight is 395 g/mol. The Hall–Kier alpha value is -3.42. The first-order valence-electron chi connectivity index (χ1n) is 9.38. The van der Waals surface area contributed by atoms with Gasteiger partial charge in [-0.2, -0.15) is 0 Å². The van der Waals surface area contributed by atoms with Gasteiger partial charge in [-0.3, -0.25) is 9.59 Å². The van der Waals surface area contributed by atoms with Crippen LogP contribution < -0.4 is 10.1 Å². The number of benzene rings is 1. The van der Waals surface area contributed by atoms with Crippen molar-refractivity contribution in [3.8, 4) is 11.5 Å². The second-order valence-electron chi connectivity index (χ2n) is 7.71. The Kier molecular flexibility index (Phi) is 4.70. The van der Waals surface area contributed by atoms with Crippen molar-refractivity contribution in [3.63, 3.8) is 0 Å². The number of hydrogen-bond acceptors (Lipinski definition) is 5. The predicted octanol–water partition coefficient (Wildman–Crippen LogP) is 2.07. The number of aliphatic carboxylic acids is 1. The van der Waals surface area contributed by atoms with Crippen molar-refractivity contribution >= 4 is 17.8 Å². The first kappa shape index (κ1) is 18.9. The number of nitrogens with zero attached hydrogens (tertiary/aromatic N) is 2. The normalized spacial score (nSPS) is 24.5. The summed E-state index contributed by atoms with van der Waals surface area (Å²) in [6.07, 6.45) is 2.69. The number of aromatic nitrogens is 1. The topological polar surface area (TPSA) is 109 Å². The molecule has 4 rings (SSSR count). The van der Waals surface area contributed by atoms with Crippen LogP contribution in [0.2, 0.25) is 0 Å². The third-order valence-electron chi connectivity index (χ3n) is 5.56. The van der Waals surface area contributed by atoms with Gasteiger partial charge < -0.3 is 20.1 Å². The van der Waals surface area contributed by atoms with Crippen LogP contribution in [-0.4, -0.2) is 51.4 Å². The van der Waals surface area contributed by atoms with E-state index >= 15 is 0 Å². The molecule has 2 fully saturated rings. The van der Waals surface area contributed by atoms with Crippen LogP contribution in [0.25, 0.3) is 0 Å². The van der Waals surface area contributed by atoms with Gasteiger partial charge in [-0.25, -0.2) is 9.78 Å². The molecule has 8 heteroatoms. The van der Waals surface area contributed by atoms with E-state index in [-0.39, 0.29) is 29.6 Å². The minimum atomic E-state index is -1.01. The second kappa shape index (κ2) is 7.20. The highest BCUT2D eigenvalue weighted by Gasteiger charge is 2.64. The highest BCUT2D eigenvalue weighted by Crippen LogP contribution is 2.59. The molecule has 2 aromatic rings. The number of nitrogens with one attached hydrogen (secondary N) is 1. The van der Waals surface area contributed by atoms with E-state index in [9.17, 15) is 19.5 Å². The zero-order chi connectivity index (χ0) is 20.6. The molecule has 1 aliphatic heterocycles. The first-order chi connectivity index (χ1) is 13.9. The lowest BCUT2D eigenvalue weighted by Gasteiger charge is -2.24. The van der Waals surface area contributed by atoms with Crippen molar-refractivity contribution in [1.82, 2.24) is 15.2 Å². The van der Waals surface area contributed by atoms with Crippen LogP contribution in [0, 0.1) is 5.41 Å². The maximum Gasteiger partial charge on any atom is 0.326 e. The zero-order valence-electron chi connectivity index (χ0n) is 15.9. The molecule has 1 saturated carbocycles. The van der Waals surface area contributed by atoms with Gasteiger partial charge in [0.1, 0.15) is 23.2 Å². The number of likely N-dealkylation sites (tertiary alicyclic amines) is 1. The van der Waals surface area contributed by atoms with E-state index in [1.54, 1.807) is 18.2 Å². The van der Waals surface area contributed by atoms with Crippen molar-refractivity contribution in [2.75, 3.05) is 6.54 Å². The fourth-order valence-corrected chi connectivity index (χ4v) is 3.88. The van der Waals surface area contributed by atoms with Gasteiger partial charge in [-0.15, -0.1) is 0 Å². The lowest BCUT2D eigenvalue weighted by molar-refractivity contribution is -0.149. The fraction of sp³-hybridized carbons (Fsp3) is 0.333. The number of ether oxygens (including phenoxy) is 1. The summed E-state index contributed by atoms with van der Waals surface area (Å²) in [4.78, 5) is 41.8. The molecule has 8 nitrogen and oxygen atoms in total. The SMILES string of the molecule is C[C@@]12C[C@@H]1N(C(=O)CNC(=O)c1ccc(Oc3ccccc3)cn1)[C@H](C(=O)O)C2. The largest absolute Gasteiger partial charge is 0.480 e. The van der Waals surface area contributed by atoms with Crippen molar-refractivity contribution in [3.05, 3.63) is 54.4 Å². The maximum absolute atomic E-state index is 12.5. The first-order valence-corrected chi connectivity index (χ1v) is 9.38. The number of hydrogen-bond donors (Lipinski definition) is 2. The van der Waals surface area contributed by atoms with E-state index in [0.717, 1.165) is 6.42 Å². The van der Waals surface area contributed by atoms with Gasteiger partial charge >= 0.3 is 5.97 Å². The summed E-state index contributed by atoms with van der Waals surface area (Å²) in [5.41, 5.74) is 0.0319.